The van der Waals surface area contributed by atoms with Crippen LogP contribution in [0.2, 0.25) is 0 Å². The average molecular weight is 140 g/mol. The highest BCUT2D eigenvalue weighted by Gasteiger charge is 2.22. The van der Waals surface area contributed by atoms with Gasteiger partial charge in [0.1, 0.15) is 0 Å². The molecule has 0 aromatic heterocycles. The first-order chi connectivity index (χ1) is 2.80. The van der Waals surface area contributed by atoms with Crippen molar-refractivity contribution in [3.8, 4) is 0 Å². The van der Waals surface area contributed by atoms with Crippen LogP contribution in [0.4, 0.5) is 0 Å². The van der Waals surface area contributed by atoms with Gasteiger partial charge in [-0.05, 0) is 12.8 Å². The van der Waals surface area contributed by atoms with Crippen LogP contribution in [0.5, 0.6) is 0 Å². The molecule has 0 bridgehead atoms. The molecule has 1 saturated carbocycles. The molecule has 1 aliphatic rings. The second kappa shape index (κ2) is 2.80. The summed E-state index contributed by atoms with van der Waals surface area (Å²) in [6.45, 7) is 0. The lowest BCUT2D eigenvalue weighted by molar-refractivity contribution is 0.436. The Labute approximate surface area is 55.5 Å². The fourth-order valence-electron chi connectivity index (χ4n) is 0.508. The molecular formula is C4H10ClNS. The van der Waals surface area contributed by atoms with Gasteiger partial charge in [-0.15, -0.1) is 12.4 Å². The number of thiol groups is 1. The van der Waals surface area contributed by atoms with Gasteiger partial charge in [0.15, 0.2) is 0 Å². The summed E-state index contributed by atoms with van der Waals surface area (Å²) in [5.74, 6) is 0. The number of halogens is 1. The van der Waals surface area contributed by atoms with Crippen LogP contribution < -0.4 is 5.73 Å². The van der Waals surface area contributed by atoms with Crippen molar-refractivity contribution in [2.24, 2.45) is 5.73 Å². The Morgan fingerprint density at radius 3 is 1.86 bits per heavy atom. The van der Waals surface area contributed by atoms with E-state index in [1.54, 1.807) is 0 Å². The fourth-order valence-corrected chi connectivity index (χ4v) is 0.806. The maximum atomic E-state index is 5.45. The van der Waals surface area contributed by atoms with Gasteiger partial charge in [-0.2, -0.15) is 12.6 Å². The van der Waals surface area contributed by atoms with Gasteiger partial charge in [0.2, 0.25) is 0 Å². The van der Waals surface area contributed by atoms with Crippen LogP contribution in [0.1, 0.15) is 12.8 Å². The Morgan fingerprint density at radius 2 is 1.86 bits per heavy atom. The zero-order valence-corrected chi connectivity index (χ0v) is 5.71. The Balaban J connectivity index is 0.000000360. The first kappa shape index (κ1) is 7.60. The fraction of sp³-hybridized carbons (Fsp3) is 1.00. The van der Waals surface area contributed by atoms with E-state index < -0.39 is 0 Å². The number of nitrogens with two attached hydrogens (primary N) is 1. The molecule has 44 valence electrons. The maximum Gasteiger partial charge on any atom is 0.0169 e. The van der Waals surface area contributed by atoms with E-state index >= 15 is 0 Å². The number of hydrogen-bond donors (Lipinski definition) is 2. The minimum Gasteiger partial charge on any atom is -0.327 e. The molecule has 0 aliphatic heterocycles. The maximum absolute atomic E-state index is 5.45. The van der Waals surface area contributed by atoms with E-state index in [0.29, 0.717) is 11.3 Å². The zero-order chi connectivity index (χ0) is 4.57. The number of hydrogen-bond acceptors (Lipinski definition) is 2. The molecular weight excluding hydrogens is 130 g/mol. The first-order valence-electron chi connectivity index (χ1n) is 2.24. The quantitative estimate of drug-likeness (QED) is 0.478. The Bertz CT molecular complexity index is 51.7. The summed E-state index contributed by atoms with van der Waals surface area (Å²) in [6, 6.07) is 0.397. The summed E-state index contributed by atoms with van der Waals surface area (Å²) in [5, 5.41) is 0.505. The Morgan fingerprint density at radius 1 is 1.43 bits per heavy atom. The standard InChI is InChI=1S/C4H9NS.ClH/c5-3-1-2-4(3)6;/h3-4,6H,1-2,5H2;1H/t3-,4-;/m1./s1. The number of rotatable bonds is 0. The molecule has 0 heterocycles. The summed E-state index contributed by atoms with van der Waals surface area (Å²) in [4.78, 5) is 0. The summed E-state index contributed by atoms with van der Waals surface area (Å²) < 4.78 is 0. The Hall–Kier alpha value is 0.600. The van der Waals surface area contributed by atoms with Crippen molar-refractivity contribution in [2.75, 3.05) is 0 Å². The lowest BCUT2D eigenvalue weighted by Crippen LogP contribution is -2.40. The molecule has 1 nitrogen and oxygen atoms in total. The zero-order valence-electron chi connectivity index (χ0n) is 4.00. The molecule has 0 aromatic carbocycles. The SMILES string of the molecule is Cl.N[C@@H]1CC[C@H]1S. The highest BCUT2D eigenvalue weighted by molar-refractivity contribution is 7.81. The van der Waals surface area contributed by atoms with E-state index in [2.05, 4.69) is 12.6 Å². The molecule has 2 N–H and O–H groups in total. The van der Waals surface area contributed by atoms with Gasteiger partial charge in [-0.3, -0.25) is 0 Å². The minimum absolute atomic E-state index is 0. The largest absolute Gasteiger partial charge is 0.327 e. The van der Waals surface area contributed by atoms with E-state index in [-0.39, 0.29) is 12.4 Å². The van der Waals surface area contributed by atoms with E-state index in [1.165, 1.54) is 12.8 Å². The summed E-state index contributed by atoms with van der Waals surface area (Å²) in [6.07, 6.45) is 2.39. The van der Waals surface area contributed by atoms with Crippen molar-refractivity contribution >= 4 is 25.0 Å². The topological polar surface area (TPSA) is 26.0 Å². The van der Waals surface area contributed by atoms with Crippen molar-refractivity contribution in [1.82, 2.24) is 0 Å². The molecule has 0 saturated heterocycles. The van der Waals surface area contributed by atoms with Crippen LogP contribution in [-0.4, -0.2) is 11.3 Å². The molecule has 0 aromatic rings. The molecule has 7 heavy (non-hydrogen) atoms. The third kappa shape index (κ3) is 1.52. The first-order valence-corrected chi connectivity index (χ1v) is 2.76. The van der Waals surface area contributed by atoms with Crippen LogP contribution in [0.25, 0.3) is 0 Å². The molecule has 0 spiro atoms. The van der Waals surface area contributed by atoms with Gasteiger partial charge in [-0.25, -0.2) is 0 Å². The van der Waals surface area contributed by atoms with Crippen LogP contribution >= 0.6 is 25.0 Å². The van der Waals surface area contributed by atoms with Gasteiger partial charge in [0.05, 0.1) is 0 Å². The second-order valence-corrected chi connectivity index (χ2v) is 2.47. The van der Waals surface area contributed by atoms with Gasteiger partial charge in [-0.1, -0.05) is 0 Å². The van der Waals surface area contributed by atoms with E-state index in [9.17, 15) is 0 Å². The van der Waals surface area contributed by atoms with E-state index in [1.807, 2.05) is 0 Å². The molecule has 0 unspecified atom stereocenters. The van der Waals surface area contributed by atoms with Crippen molar-refractivity contribution < 1.29 is 0 Å². The summed E-state index contributed by atoms with van der Waals surface area (Å²) >= 11 is 4.15. The van der Waals surface area contributed by atoms with Gasteiger partial charge in [0.25, 0.3) is 0 Å². The predicted molar refractivity (Wildman–Crippen MR) is 37.2 cm³/mol. The smallest absolute Gasteiger partial charge is 0.0169 e. The third-order valence-corrected chi connectivity index (χ3v) is 1.93. The van der Waals surface area contributed by atoms with E-state index in [0.717, 1.165) is 0 Å². The molecule has 0 radical (unpaired) electrons. The van der Waals surface area contributed by atoms with Crippen LogP contribution in [0.3, 0.4) is 0 Å². The van der Waals surface area contributed by atoms with Gasteiger partial charge >= 0.3 is 0 Å². The van der Waals surface area contributed by atoms with Crippen molar-refractivity contribution in [2.45, 2.75) is 24.1 Å². The van der Waals surface area contributed by atoms with Crippen LogP contribution in [0, 0.1) is 0 Å². The van der Waals surface area contributed by atoms with Gasteiger partial charge in [0, 0.05) is 11.3 Å². The van der Waals surface area contributed by atoms with Crippen molar-refractivity contribution in [3.05, 3.63) is 0 Å². The molecule has 1 rings (SSSR count). The molecule has 0 amide bonds. The predicted octanol–water partition coefficient (Wildman–Crippen LogP) is 0.828. The highest BCUT2D eigenvalue weighted by atomic mass is 35.5. The molecule has 2 atom stereocenters. The lowest BCUT2D eigenvalue weighted by atomic mass is 9.93. The van der Waals surface area contributed by atoms with Crippen LogP contribution in [0.15, 0.2) is 0 Å². The minimum atomic E-state index is 0. The summed E-state index contributed by atoms with van der Waals surface area (Å²) in [5.41, 5.74) is 5.45. The van der Waals surface area contributed by atoms with Gasteiger partial charge < -0.3 is 5.73 Å². The monoisotopic (exact) mass is 139 g/mol. The molecule has 1 aliphatic carbocycles. The van der Waals surface area contributed by atoms with Crippen LogP contribution in [-0.2, 0) is 0 Å². The molecule has 3 heteroatoms. The lowest BCUT2D eigenvalue weighted by Gasteiger charge is -2.28. The van der Waals surface area contributed by atoms with E-state index in [4.69, 9.17) is 5.73 Å². The average Bonchev–Trinajstić information content (AvgIpc) is 1.61. The normalized spacial score (nSPS) is 38.6. The Kier molecular flexibility index (Phi) is 3.04. The highest BCUT2D eigenvalue weighted by Crippen LogP contribution is 2.22. The third-order valence-electron chi connectivity index (χ3n) is 1.29. The summed E-state index contributed by atoms with van der Waals surface area (Å²) in [7, 11) is 0. The molecule has 1 fully saturated rings. The second-order valence-electron chi connectivity index (χ2n) is 1.81. The van der Waals surface area contributed by atoms with Crippen molar-refractivity contribution in [3.63, 3.8) is 0 Å². The van der Waals surface area contributed by atoms with Crippen molar-refractivity contribution in [1.29, 1.82) is 0 Å².